The number of benzene rings is 3. The van der Waals surface area contributed by atoms with Gasteiger partial charge in [0.25, 0.3) is 0 Å². The van der Waals surface area contributed by atoms with Crippen molar-refractivity contribution in [2.75, 3.05) is 13.6 Å². The van der Waals surface area contributed by atoms with Gasteiger partial charge in [-0.15, -0.1) is 0 Å². The van der Waals surface area contributed by atoms with Crippen molar-refractivity contribution in [1.82, 2.24) is 10.6 Å². The maximum absolute atomic E-state index is 12.6. The first kappa shape index (κ1) is 25.0. The molecular formula is C28H30AsN2O4. The van der Waals surface area contributed by atoms with Crippen molar-refractivity contribution < 1.29 is 19.1 Å². The third kappa shape index (κ3) is 6.73. The average Bonchev–Trinajstić information content (AvgIpc) is 2.91. The Labute approximate surface area is 212 Å². The van der Waals surface area contributed by atoms with Crippen molar-refractivity contribution in [3.8, 4) is 5.75 Å². The molecule has 0 spiro atoms. The molecule has 0 heterocycles. The number of nitrogens with one attached hydrogen (secondary N) is 2. The fourth-order valence-electron chi connectivity index (χ4n) is 4.37. The topological polar surface area (TPSA) is 84.5 Å². The molecule has 0 aliphatic heterocycles. The van der Waals surface area contributed by atoms with E-state index < -0.39 is 15.8 Å². The van der Waals surface area contributed by atoms with Gasteiger partial charge in [0.15, 0.2) is 0 Å². The summed E-state index contributed by atoms with van der Waals surface area (Å²) in [5, 5.41) is 8.45. The first-order chi connectivity index (χ1) is 17.0. The van der Waals surface area contributed by atoms with E-state index in [4.69, 9.17) is 4.74 Å². The van der Waals surface area contributed by atoms with Gasteiger partial charge in [-0.3, -0.25) is 0 Å². The first-order valence-corrected chi connectivity index (χ1v) is 14.3. The van der Waals surface area contributed by atoms with E-state index in [1.54, 1.807) is 7.05 Å². The molecule has 0 atom stereocenters. The molecule has 0 aromatic heterocycles. The minimum atomic E-state index is -0.560. The van der Waals surface area contributed by atoms with E-state index in [9.17, 15) is 14.4 Å². The van der Waals surface area contributed by atoms with Crippen molar-refractivity contribution in [2.45, 2.75) is 37.0 Å². The summed E-state index contributed by atoms with van der Waals surface area (Å²) in [6, 6.07) is 20.9. The van der Waals surface area contributed by atoms with E-state index in [2.05, 4.69) is 10.6 Å². The van der Waals surface area contributed by atoms with Gasteiger partial charge in [-0.25, -0.2) is 0 Å². The van der Waals surface area contributed by atoms with E-state index in [-0.39, 0.29) is 28.4 Å². The van der Waals surface area contributed by atoms with Crippen LogP contribution < -0.4 is 15.4 Å². The Morgan fingerprint density at radius 1 is 0.886 bits per heavy atom. The van der Waals surface area contributed by atoms with Crippen LogP contribution in [0.4, 0.5) is 0 Å². The van der Waals surface area contributed by atoms with Gasteiger partial charge >= 0.3 is 206 Å². The average molecular weight is 533 g/mol. The van der Waals surface area contributed by atoms with Crippen LogP contribution in [0.1, 0.15) is 46.4 Å². The molecule has 2 amide bonds. The van der Waals surface area contributed by atoms with Gasteiger partial charge in [0, 0.05) is 7.05 Å². The van der Waals surface area contributed by atoms with Crippen LogP contribution in [0.5, 0.6) is 5.75 Å². The molecule has 1 saturated carbocycles. The Kier molecular flexibility index (Phi) is 8.59. The fourth-order valence-corrected chi connectivity index (χ4v) is 5.96. The summed E-state index contributed by atoms with van der Waals surface area (Å²) >= 11 is -0.560. The van der Waals surface area contributed by atoms with E-state index in [1.165, 1.54) is 0 Å². The van der Waals surface area contributed by atoms with Gasteiger partial charge in [-0.1, -0.05) is 0 Å². The standard InChI is InChI=1S/C28H30AsN2O4/c1-30-27(33)21-10-14-25(15-11-21)35-24-12-8-20(9-13-24)26(32)29-16-17-31-28(34)23-7-6-19-4-2-3-5-22(19)18-23/h2-9,12-13,18,21,25H,10-11,14-17H2,1H3,(H,30,33)(H,31,34). The Bertz CT molecular complexity index is 1190. The van der Waals surface area contributed by atoms with E-state index in [0.29, 0.717) is 22.9 Å². The Morgan fingerprint density at radius 3 is 2.29 bits per heavy atom. The summed E-state index contributed by atoms with van der Waals surface area (Å²) in [5.74, 6) is 0.835. The van der Waals surface area contributed by atoms with Gasteiger partial charge < -0.3 is 0 Å². The van der Waals surface area contributed by atoms with Gasteiger partial charge in [0.05, 0.1) is 0 Å². The normalized spacial score (nSPS) is 17.9. The maximum atomic E-state index is 12.6. The first-order valence-electron chi connectivity index (χ1n) is 12.0. The molecule has 1 fully saturated rings. The molecule has 1 aliphatic carbocycles. The third-order valence-corrected chi connectivity index (χ3v) is 8.44. The number of hydrogen-bond acceptors (Lipinski definition) is 4. The van der Waals surface area contributed by atoms with Crippen LogP contribution in [0.15, 0.2) is 66.7 Å². The zero-order chi connectivity index (χ0) is 24.6. The summed E-state index contributed by atoms with van der Waals surface area (Å²) in [4.78, 5) is 36.8. The van der Waals surface area contributed by atoms with Crippen molar-refractivity contribution in [2.24, 2.45) is 5.92 Å². The zero-order valence-corrected chi connectivity index (χ0v) is 21.7. The summed E-state index contributed by atoms with van der Waals surface area (Å²) in [6.07, 6.45) is 3.49. The SMILES string of the molecule is CNC(=O)C1CCC(Oc2ccc(C(=O)[As]CCNC(=O)c3ccc4ccccc4c3)cc2)CC1. The molecule has 1 aliphatic rings. The third-order valence-electron chi connectivity index (χ3n) is 6.36. The zero-order valence-electron chi connectivity index (χ0n) is 19.8. The molecule has 0 saturated heterocycles. The van der Waals surface area contributed by atoms with Crippen molar-refractivity contribution in [3.63, 3.8) is 0 Å². The van der Waals surface area contributed by atoms with Gasteiger partial charge in [-0.2, -0.15) is 0 Å². The fraction of sp³-hybridized carbons (Fsp3) is 0.321. The molecule has 3 aromatic carbocycles. The van der Waals surface area contributed by atoms with Crippen LogP contribution in [0, 0.1) is 5.92 Å². The number of hydrogen-bond donors (Lipinski definition) is 2. The monoisotopic (exact) mass is 533 g/mol. The van der Waals surface area contributed by atoms with E-state index in [0.717, 1.165) is 42.2 Å². The molecular weight excluding hydrogens is 503 g/mol. The number of ether oxygens (including phenoxy) is 1. The molecule has 35 heavy (non-hydrogen) atoms. The molecule has 181 valence electrons. The Hall–Kier alpha value is -3.11. The Morgan fingerprint density at radius 2 is 1.57 bits per heavy atom. The molecule has 2 N–H and O–H groups in total. The number of rotatable bonds is 9. The predicted octanol–water partition coefficient (Wildman–Crippen LogP) is 4.22. The van der Waals surface area contributed by atoms with Crippen LogP contribution in [0.3, 0.4) is 0 Å². The second-order valence-electron chi connectivity index (χ2n) is 8.73. The van der Waals surface area contributed by atoms with E-state index in [1.807, 2.05) is 66.7 Å². The molecule has 0 unspecified atom stereocenters. The summed E-state index contributed by atoms with van der Waals surface area (Å²) < 4.78 is 6.20. The van der Waals surface area contributed by atoms with Gasteiger partial charge in [0.2, 0.25) is 0 Å². The van der Waals surface area contributed by atoms with Crippen LogP contribution in [-0.2, 0) is 4.79 Å². The van der Waals surface area contributed by atoms with Gasteiger partial charge in [0.1, 0.15) is 0 Å². The predicted molar refractivity (Wildman–Crippen MR) is 138 cm³/mol. The van der Waals surface area contributed by atoms with E-state index >= 15 is 0 Å². The second kappa shape index (κ2) is 12.0. The summed E-state index contributed by atoms with van der Waals surface area (Å²) in [7, 11) is 1.68. The minimum absolute atomic E-state index is 0.0838. The number of carbonyl (C=O) groups is 3. The van der Waals surface area contributed by atoms with Gasteiger partial charge in [-0.05, 0) is 0 Å². The number of carbonyl (C=O) groups excluding carboxylic acids is 3. The summed E-state index contributed by atoms with van der Waals surface area (Å²) in [6.45, 7) is 0.483. The summed E-state index contributed by atoms with van der Waals surface area (Å²) in [5.41, 5.74) is 1.31. The molecule has 6 nitrogen and oxygen atoms in total. The molecule has 4 rings (SSSR count). The second-order valence-corrected chi connectivity index (χ2v) is 11.2. The van der Waals surface area contributed by atoms with Crippen LogP contribution in [0.2, 0.25) is 5.21 Å². The molecule has 0 bridgehead atoms. The van der Waals surface area contributed by atoms with Crippen LogP contribution >= 0.6 is 0 Å². The van der Waals surface area contributed by atoms with Crippen molar-refractivity contribution in [1.29, 1.82) is 0 Å². The Balaban J connectivity index is 1.19. The quantitative estimate of drug-likeness (QED) is 0.319. The number of amides is 2. The van der Waals surface area contributed by atoms with Crippen LogP contribution in [-0.4, -0.2) is 51.8 Å². The molecule has 1 radical (unpaired) electrons. The van der Waals surface area contributed by atoms with Crippen molar-refractivity contribution in [3.05, 3.63) is 77.9 Å². The molecule has 3 aromatic rings. The molecule has 7 heteroatoms. The van der Waals surface area contributed by atoms with Crippen molar-refractivity contribution >= 4 is 42.9 Å². The number of fused-ring (bicyclic) bond motifs is 1. The van der Waals surface area contributed by atoms with Crippen LogP contribution in [0.25, 0.3) is 10.8 Å².